The van der Waals surface area contributed by atoms with Crippen molar-refractivity contribution < 1.29 is 5.11 Å². The molecule has 0 radical (unpaired) electrons. The molecule has 1 fully saturated rings. The summed E-state index contributed by atoms with van der Waals surface area (Å²) in [5, 5.41) is 9.36. The van der Waals surface area contributed by atoms with E-state index >= 15 is 0 Å². The highest BCUT2D eigenvalue weighted by atomic mass is 16.3. The van der Waals surface area contributed by atoms with Crippen LogP contribution in [0.4, 0.5) is 0 Å². The van der Waals surface area contributed by atoms with Crippen LogP contribution >= 0.6 is 0 Å². The van der Waals surface area contributed by atoms with Gasteiger partial charge in [0.2, 0.25) is 0 Å². The predicted molar refractivity (Wildman–Crippen MR) is 59.0 cm³/mol. The van der Waals surface area contributed by atoms with Crippen LogP contribution in [0.1, 0.15) is 44.9 Å². The van der Waals surface area contributed by atoms with Gasteiger partial charge in [0.1, 0.15) is 0 Å². The number of aliphatic hydroxyl groups excluding tert-OH is 1. The molecule has 0 amide bonds. The maximum atomic E-state index is 9.36. The van der Waals surface area contributed by atoms with E-state index in [1.54, 1.807) is 0 Å². The average Bonchev–Trinajstić information content (AvgIpc) is 2.30. The summed E-state index contributed by atoms with van der Waals surface area (Å²) in [6, 6.07) is 0. The maximum Gasteiger partial charge on any atom is 0.0465 e. The summed E-state index contributed by atoms with van der Waals surface area (Å²) in [4.78, 5) is 0. The van der Waals surface area contributed by atoms with Gasteiger partial charge in [0, 0.05) is 6.61 Å². The van der Waals surface area contributed by atoms with Crippen LogP contribution in [0.5, 0.6) is 0 Å². The molecule has 1 saturated carbocycles. The highest BCUT2D eigenvalue weighted by Gasteiger charge is 2.29. The zero-order chi connectivity index (χ0) is 9.80. The lowest BCUT2D eigenvalue weighted by atomic mass is 9.71. The van der Waals surface area contributed by atoms with Crippen molar-refractivity contribution in [1.29, 1.82) is 0 Å². The third-order valence-corrected chi connectivity index (χ3v) is 4.04. The fourth-order valence-corrected chi connectivity index (χ4v) is 3.19. The molecule has 14 heavy (non-hydrogen) atoms. The van der Waals surface area contributed by atoms with Gasteiger partial charge in [0.05, 0.1) is 0 Å². The minimum absolute atomic E-state index is 0.394. The second kappa shape index (κ2) is 4.97. The summed E-state index contributed by atoms with van der Waals surface area (Å²) in [7, 11) is 0. The fraction of sp³-hybridized carbons (Fsp3) is 0.846. The maximum absolute atomic E-state index is 9.36. The Bertz CT molecular complexity index is 191. The van der Waals surface area contributed by atoms with Gasteiger partial charge in [0.25, 0.3) is 0 Å². The number of allylic oxidation sites excluding steroid dienone is 2. The molecule has 1 heteroatoms. The molecule has 80 valence electrons. The molecule has 1 nitrogen and oxygen atoms in total. The summed E-state index contributed by atoms with van der Waals surface area (Å²) >= 11 is 0. The normalized spacial score (nSPS) is 34.6. The van der Waals surface area contributed by atoms with E-state index in [1.807, 2.05) is 0 Å². The molecule has 2 atom stereocenters. The molecule has 2 aliphatic rings. The van der Waals surface area contributed by atoms with Crippen LogP contribution in [0.3, 0.4) is 0 Å². The standard InChI is InChI=1S/C13H22O/c14-10-12-8-4-5-9-13(12)11-6-2-1-3-7-11/h5,9,11-14H,1-4,6-8,10H2. The molecule has 0 heterocycles. The molecule has 2 unspecified atom stereocenters. The zero-order valence-electron chi connectivity index (χ0n) is 8.99. The fourth-order valence-electron chi connectivity index (χ4n) is 3.19. The minimum Gasteiger partial charge on any atom is -0.396 e. The number of hydrogen-bond acceptors (Lipinski definition) is 1. The second-order valence-corrected chi connectivity index (χ2v) is 4.92. The topological polar surface area (TPSA) is 20.2 Å². The van der Waals surface area contributed by atoms with Crippen LogP contribution in [0.25, 0.3) is 0 Å². The Morgan fingerprint density at radius 2 is 1.86 bits per heavy atom. The van der Waals surface area contributed by atoms with E-state index < -0.39 is 0 Å². The molecule has 0 aliphatic heterocycles. The minimum atomic E-state index is 0.394. The highest BCUT2D eigenvalue weighted by Crippen LogP contribution is 2.38. The van der Waals surface area contributed by atoms with Crippen molar-refractivity contribution in [2.24, 2.45) is 17.8 Å². The first-order valence-corrected chi connectivity index (χ1v) is 6.19. The Balaban J connectivity index is 1.98. The Labute approximate surface area is 87.2 Å². The van der Waals surface area contributed by atoms with Crippen molar-refractivity contribution in [2.75, 3.05) is 6.61 Å². The lowest BCUT2D eigenvalue weighted by Crippen LogP contribution is -2.28. The van der Waals surface area contributed by atoms with Gasteiger partial charge in [-0.2, -0.15) is 0 Å². The number of rotatable bonds is 2. The van der Waals surface area contributed by atoms with Gasteiger partial charge in [-0.3, -0.25) is 0 Å². The quantitative estimate of drug-likeness (QED) is 0.670. The molecule has 0 aromatic carbocycles. The second-order valence-electron chi connectivity index (χ2n) is 4.92. The first-order valence-electron chi connectivity index (χ1n) is 6.19. The molecular weight excluding hydrogens is 172 g/mol. The predicted octanol–water partition coefficient (Wildman–Crippen LogP) is 3.14. The molecule has 2 aliphatic carbocycles. The molecule has 0 aromatic rings. The summed E-state index contributed by atoms with van der Waals surface area (Å²) in [6.45, 7) is 0.394. The van der Waals surface area contributed by atoms with E-state index in [2.05, 4.69) is 12.2 Å². The van der Waals surface area contributed by atoms with E-state index in [4.69, 9.17) is 0 Å². The van der Waals surface area contributed by atoms with Gasteiger partial charge in [-0.15, -0.1) is 0 Å². The molecule has 0 spiro atoms. The van der Waals surface area contributed by atoms with E-state index in [0.717, 1.165) is 5.92 Å². The summed E-state index contributed by atoms with van der Waals surface area (Å²) in [5.41, 5.74) is 0. The molecule has 2 rings (SSSR count). The third kappa shape index (κ3) is 2.20. The van der Waals surface area contributed by atoms with Gasteiger partial charge in [-0.25, -0.2) is 0 Å². The van der Waals surface area contributed by atoms with Crippen LogP contribution in [-0.4, -0.2) is 11.7 Å². The van der Waals surface area contributed by atoms with E-state index in [9.17, 15) is 5.11 Å². The van der Waals surface area contributed by atoms with E-state index in [0.29, 0.717) is 18.4 Å². The smallest absolute Gasteiger partial charge is 0.0465 e. The van der Waals surface area contributed by atoms with Gasteiger partial charge >= 0.3 is 0 Å². The van der Waals surface area contributed by atoms with Crippen LogP contribution < -0.4 is 0 Å². The van der Waals surface area contributed by atoms with Crippen molar-refractivity contribution in [2.45, 2.75) is 44.9 Å². The van der Waals surface area contributed by atoms with Crippen molar-refractivity contribution in [3.05, 3.63) is 12.2 Å². The molecule has 0 saturated heterocycles. The monoisotopic (exact) mass is 194 g/mol. The van der Waals surface area contributed by atoms with Crippen LogP contribution in [0.2, 0.25) is 0 Å². The van der Waals surface area contributed by atoms with Crippen molar-refractivity contribution in [1.82, 2.24) is 0 Å². The third-order valence-electron chi connectivity index (χ3n) is 4.04. The van der Waals surface area contributed by atoms with Crippen molar-refractivity contribution >= 4 is 0 Å². The first kappa shape index (κ1) is 10.2. The summed E-state index contributed by atoms with van der Waals surface area (Å²) < 4.78 is 0. The molecule has 0 bridgehead atoms. The lowest BCUT2D eigenvalue weighted by molar-refractivity contribution is 0.131. The largest absolute Gasteiger partial charge is 0.396 e. The first-order chi connectivity index (χ1) is 6.92. The Morgan fingerprint density at radius 3 is 2.57 bits per heavy atom. The number of aliphatic hydroxyl groups is 1. The Hall–Kier alpha value is -0.300. The summed E-state index contributed by atoms with van der Waals surface area (Å²) in [5.74, 6) is 2.12. The zero-order valence-corrected chi connectivity index (χ0v) is 8.99. The van der Waals surface area contributed by atoms with Crippen LogP contribution in [0.15, 0.2) is 12.2 Å². The lowest BCUT2D eigenvalue weighted by Gasteiger charge is -2.35. The number of hydrogen-bond donors (Lipinski definition) is 1. The van der Waals surface area contributed by atoms with Crippen LogP contribution in [0, 0.1) is 17.8 Å². The molecular formula is C13H22O. The molecule has 1 N–H and O–H groups in total. The van der Waals surface area contributed by atoms with Crippen LogP contribution in [-0.2, 0) is 0 Å². The Kier molecular flexibility index (Phi) is 3.63. The highest BCUT2D eigenvalue weighted by molar-refractivity contribution is 5.00. The van der Waals surface area contributed by atoms with E-state index in [1.165, 1.54) is 44.9 Å². The van der Waals surface area contributed by atoms with Crippen molar-refractivity contribution in [3.8, 4) is 0 Å². The molecule has 0 aromatic heterocycles. The SMILES string of the molecule is OCC1CCC=CC1C1CCCCC1. The van der Waals surface area contributed by atoms with Crippen molar-refractivity contribution in [3.63, 3.8) is 0 Å². The summed E-state index contributed by atoms with van der Waals surface area (Å²) in [6.07, 6.45) is 14.1. The van der Waals surface area contributed by atoms with Gasteiger partial charge in [0.15, 0.2) is 0 Å². The van der Waals surface area contributed by atoms with E-state index in [-0.39, 0.29) is 0 Å². The average molecular weight is 194 g/mol. The Morgan fingerprint density at radius 1 is 1.07 bits per heavy atom. The van der Waals surface area contributed by atoms with Gasteiger partial charge in [-0.05, 0) is 43.4 Å². The van der Waals surface area contributed by atoms with Gasteiger partial charge < -0.3 is 5.11 Å². The van der Waals surface area contributed by atoms with Gasteiger partial charge in [-0.1, -0.05) is 31.4 Å².